The molecule has 0 fully saturated rings. The van der Waals surface area contributed by atoms with Gasteiger partial charge in [0, 0.05) is 6.42 Å². The maximum atomic E-state index is 12.5. The van der Waals surface area contributed by atoms with Crippen molar-refractivity contribution in [3.8, 4) is 0 Å². The van der Waals surface area contributed by atoms with Gasteiger partial charge < -0.3 is 25.8 Å². The molecule has 28 heavy (non-hydrogen) atoms. The number of rotatable bonds is 10. The highest BCUT2D eigenvalue weighted by molar-refractivity contribution is 5.91. The van der Waals surface area contributed by atoms with Gasteiger partial charge in [-0.25, -0.2) is 4.79 Å². The molecule has 0 aliphatic carbocycles. The lowest BCUT2D eigenvalue weighted by molar-refractivity contribution is -0.141. The Labute approximate surface area is 163 Å². The number of carbonyl (C=O) groups excluding carboxylic acids is 4. The molecule has 3 amide bonds. The Hall–Kier alpha value is -3.10. The van der Waals surface area contributed by atoms with E-state index in [1.54, 1.807) is 26.0 Å². The molecular formula is C19H27N3O6. The fourth-order valence-corrected chi connectivity index (χ4v) is 2.34. The molecule has 0 saturated carbocycles. The van der Waals surface area contributed by atoms with Crippen molar-refractivity contribution in [1.29, 1.82) is 0 Å². The minimum Gasteiger partial charge on any atom is -0.469 e. The van der Waals surface area contributed by atoms with Crippen LogP contribution in [0, 0.1) is 5.92 Å². The summed E-state index contributed by atoms with van der Waals surface area (Å²) in [6.07, 6.45) is -0.844. The van der Waals surface area contributed by atoms with E-state index in [2.05, 4.69) is 15.4 Å². The maximum absolute atomic E-state index is 12.5. The fraction of sp³-hybridized carbons (Fsp3) is 0.474. The Morgan fingerprint density at radius 3 is 2.25 bits per heavy atom. The lowest BCUT2D eigenvalue weighted by atomic mass is 10.0. The van der Waals surface area contributed by atoms with Gasteiger partial charge >= 0.3 is 12.1 Å². The van der Waals surface area contributed by atoms with Gasteiger partial charge in [-0.3, -0.25) is 14.4 Å². The van der Waals surface area contributed by atoms with Gasteiger partial charge in [-0.1, -0.05) is 44.2 Å². The number of ether oxygens (including phenoxy) is 2. The molecule has 0 aliphatic heterocycles. The van der Waals surface area contributed by atoms with Crippen LogP contribution in [0.15, 0.2) is 30.3 Å². The van der Waals surface area contributed by atoms with Crippen LogP contribution in [0.4, 0.5) is 4.79 Å². The van der Waals surface area contributed by atoms with Crippen LogP contribution in [0.3, 0.4) is 0 Å². The number of hydrogen-bond donors (Lipinski definition) is 3. The highest BCUT2D eigenvalue weighted by atomic mass is 16.5. The average molecular weight is 393 g/mol. The number of alkyl carbamates (subject to hydrolysis) is 1. The molecule has 154 valence electrons. The molecule has 0 spiro atoms. The zero-order chi connectivity index (χ0) is 21.1. The van der Waals surface area contributed by atoms with E-state index < -0.39 is 36.0 Å². The van der Waals surface area contributed by atoms with Crippen LogP contribution < -0.4 is 16.4 Å². The summed E-state index contributed by atoms with van der Waals surface area (Å²) in [4.78, 5) is 47.4. The molecule has 9 heteroatoms. The monoisotopic (exact) mass is 393 g/mol. The average Bonchev–Trinajstić information content (AvgIpc) is 2.67. The third-order valence-corrected chi connectivity index (χ3v) is 3.96. The molecule has 0 aliphatic rings. The molecule has 9 nitrogen and oxygen atoms in total. The summed E-state index contributed by atoms with van der Waals surface area (Å²) in [5, 5.41) is 4.95. The van der Waals surface area contributed by atoms with Gasteiger partial charge in [-0.05, 0) is 17.9 Å². The van der Waals surface area contributed by atoms with Crippen molar-refractivity contribution in [3.05, 3.63) is 35.9 Å². The van der Waals surface area contributed by atoms with Crippen molar-refractivity contribution >= 4 is 23.9 Å². The van der Waals surface area contributed by atoms with Crippen molar-refractivity contribution in [1.82, 2.24) is 10.6 Å². The molecule has 2 atom stereocenters. The Morgan fingerprint density at radius 2 is 1.71 bits per heavy atom. The quantitative estimate of drug-likeness (QED) is 0.504. The summed E-state index contributed by atoms with van der Waals surface area (Å²) in [6.45, 7) is 3.52. The topological polar surface area (TPSA) is 137 Å². The van der Waals surface area contributed by atoms with Gasteiger partial charge in [0.2, 0.25) is 11.8 Å². The first kappa shape index (κ1) is 22.9. The van der Waals surface area contributed by atoms with E-state index in [4.69, 9.17) is 10.5 Å². The van der Waals surface area contributed by atoms with Gasteiger partial charge in [-0.15, -0.1) is 0 Å². The number of primary amides is 1. The molecule has 0 heterocycles. The molecule has 0 aromatic heterocycles. The Morgan fingerprint density at radius 1 is 1.07 bits per heavy atom. The smallest absolute Gasteiger partial charge is 0.408 e. The van der Waals surface area contributed by atoms with E-state index in [1.165, 1.54) is 7.11 Å². The summed E-state index contributed by atoms with van der Waals surface area (Å²) in [5.41, 5.74) is 6.09. The summed E-state index contributed by atoms with van der Waals surface area (Å²) in [7, 11) is 1.22. The van der Waals surface area contributed by atoms with Crippen molar-refractivity contribution in [2.45, 2.75) is 45.4 Å². The van der Waals surface area contributed by atoms with Gasteiger partial charge in [0.25, 0.3) is 0 Å². The molecule has 1 aromatic rings. The largest absolute Gasteiger partial charge is 0.469 e. The maximum Gasteiger partial charge on any atom is 0.408 e. The van der Waals surface area contributed by atoms with Crippen LogP contribution in [-0.2, 0) is 30.5 Å². The van der Waals surface area contributed by atoms with E-state index in [-0.39, 0.29) is 25.4 Å². The van der Waals surface area contributed by atoms with Gasteiger partial charge in [0.15, 0.2) is 0 Å². The van der Waals surface area contributed by atoms with Crippen LogP contribution >= 0.6 is 0 Å². The summed E-state index contributed by atoms with van der Waals surface area (Å²) in [6, 6.07) is 7.09. The number of amides is 3. The highest BCUT2D eigenvalue weighted by Crippen LogP contribution is 2.06. The molecule has 1 aromatic carbocycles. The molecule has 0 saturated heterocycles. The van der Waals surface area contributed by atoms with Gasteiger partial charge in [0.1, 0.15) is 18.7 Å². The van der Waals surface area contributed by atoms with Crippen molar-refractivity contribution in [2.75, 3.05) is 7.11 Å². The molecule has 1 rings (SSSR count). The lowest BCUT2D eigenvalue weighted by Gasteiger charge is -2.24. The summed E-state index contributed by atoms with van der Waals surface area (Å²) >= 11 is 0. The lowest BCUT2D eigenvalue weighted by Crippen LogP contribution is -2.54. The first-order valence-electron chi connectivity index (χ1n) is 8.88. The van der Waals surface area contributed by atoms with E-state index >= 15 is 0 Å². The predicted octanol–water partition coefficient (Wildman–Crippen LogP) is 0.861. The van der Waals surface area contributed by atoms with Crippen molar-refractivity contribution in [3.63, 3.8) is 0 Å². The first-order chi connectivity index (χ1) is 13.2. The van der Waals surface area contributed by atoms with Gasteiger partial charge in [0.05, 0.1) is 7.11 Å². The first-order valence-corrected chi connectivity index (χ1v) is 8.88. The van der Waals surface area contributed by atoms with Crippen LogP contribution in [0.2, 0.25) is 0 Å². The van der Waals surface area contributed by atoms with E-state index in [0.29, 0.717) is 0 Å². The SMILES string of the molecule is COC(=O)CC[C@H](NC(=O)[C@H](NC(=O)OCc1ccccc1)C(C)C)C(N)=O. The molecular weight excluding hydrogens is 366 g/mol. The van der Waals surface area contributed by atoms with Crippen LogP contribution in [-0.4, -0.2) is 43.1 Å². The minimum absolute atomic E-state index is 0.00296. The number of esters is 1. The van der Waals surface area contributed by atoms with E-state index in [9.17, 15) is 19.2 Å². The molecule has 0 unspecified atom stereocenters. The number of benzene rings is 1. The van der Waals surface area contributed by atoms with E-state index in [0.717, 1.165) is 5.56 Å². The predicted molar refractivity (Wildman–Crippen MR) is 101 cm³/mol. The van der Waals surface area contributed by atoms with Crippen LogP contribution in [0.25, 0.3) is 0 Å². The second-order valence-electron chi connectivity index (χ2n) is 6.51. The summed E-state index contributed by atoms with van der Waals surface area (Å²) in [5.74, 6) is -2.19. The second kappa shape index (κ2) is 11.6. The third kappa shape index (κ3) is 8.07. The number of hydrogen-bond acceptors (Lipinski definition) is 6. The zero-order valence-electron chi connectivity index (χ0n) is 16.3. The number of methoxy groups -OCH3 is 1. The fourth-order valence-electron chi connectivity index (χ4n) is 2.34. The zero-order valence-corrected chi connectivity index (χ0v) is 16.3. The standard InChI is InChI=1S/C19H27N3O6/c1-12(2)16(22-19(26)28-11-13-7-5-4-6-8-13)18(25)21-14(17(20)24)9-10-15(23)27-3/h4-8,12,14,16H,9-11H2,1-3H3,(H2,20,24)(H,21,25)(H,22,26)/t14-,16+/m0/s1. The molecule has 4 N–H and O–H groups in total. The van der Waals surface area contributed by atoms with Crippen molar-refractivity contribution in [2.24, 2.45) is 11.7 Å². The Bertz CT molecular complexity index is 678. The number of carbonyl (C=O) groups is 4. The van der Waals surface area contributed by atoms with Crippen LogP contribution in [0.5, 0.6) is 0 Å². The summed E-state index contributed by atoms with van der Waals surface area (Å²) < 4.78 is 9.63. The third-order valence-electron chi connectivity index (χ3n) is 3.96. The molecule has 0 radical (unpaired) electrons. The highest BCUT2D eigenvalue weighted by Gasteiger charge is 2.28. The Balaban J connectivity index is 2.64. The van der Waals surface area contributed by atoms with Gasteiger partial charge in [-0.2, -0.15) is 0 Å². The van der Waals surface area contributed by atoms with Crippen molar-refractivity contribution < 1.29 is 28.7 Å². The molecule has 0 bridgehead atoms. The number of nitrogens with one attached hydrogen (secondary N) is 2. The van der Waals surface area contributed by atoms with E-state index in [1.807, 2.05) is 18.2 Å². The Kier molecular flexibility index (Phi) is 9.49. The minimum atomic E-state index is -1.06. The van der Waals surface area contributed by atoms with Crippen LogP contribution in [0.1, 0.15) is 32.3 Å². The second-order valence-corrected chi connectivity index (χ2v) is 6.51. The number of nitrogens with two attached hydrogens (primary N) is 1. The normalized spacial score (nSPS) is 12.6.